The van der Waals surface area contributed by atoms with Gasteiger partial charge in [0.1, 0.15) is 0 Å². The largest absolute Gasteiger partial charge is 0.376 e. The second-order valence-corrected chi connectivity index (χ2v) is 6.17. The first-order valence-corrected chi connectivity index (χ1v) is 5.71. The Morgan fingerprint density at radius 1 is 1.27 bits per heavy atom. The Morgan fingerprint density at radius 2 is 1.93 bits per heavy atom. The molecule has 1 N–H and O–H groups in total. The molecule has 1 spiro atoms. The molecule has 0 bridgehead atoms. The van der Waals surface area contributed by atoms with Crippen LogP contribution in [0.3, 0.4) is 0 Å². The summed E-state index contributed by atoms with van der Waals surface area (Å²) >= 11 is 0. The first-order chi connectivity index (χ1) is 6.77. The molecule has 2 aliphatic rings. The first-order valence-electron chi connectivity index (χ1n) is 5.71. The predicted molar refractivity (Wildman–Crippen MR) is 58.5 cm³/mol. The van der Waals surface area contributed by atoms with Crippen LogP contribution in [0.4, 0.5) is 0 Å². The van der Waals surface area contributed by atoms with Crippen molar-refractivity contribution in [1.82, 2.24) is 5.32 Å². The maximum Gasteiger partial charge on any atom is 0.221 e. The van der Waals surface area contributed by atoms with Crippen molar-refractivity contribution in [1.29, 1.82) is 0 Å². The van der Waals surface area contributed by atoms with E-state index in [1.807, 2.05) is 0 Å². The van der Waals surface area contributed by atoms with E-state index in [1.165, 1.54) is 0 Å². The van der Waals surface area contributed by atoms with Gasteiger partial charge >= 0.3 is 0 Å². The van der Waals surface area contributed by atoms with E-state index >= 15 is 0 Å². The molecule has 0 aliphatic carbocycles. The molecule has 15 heavy (non-hydrogen) atoms. The number of hydrogen-bond donors (Lipinski definition) is 1. The Kier molecular flexibility index (Phi) is 2.16. The van der Waals surface area contributed by atoms with E-state index in [0.29, 0.717) is 6.42 Å². The fourth-order valence-electron chi connectivity index (χ4n) is 3.22. The molecule has 2 fully saturated rings. The average Bonchev–Trinajstić information content (AvgIpc) is 2.18. The van der Waals surface area contributed by atoms with Gasteiger partial charge in [0.25, 0.3) is 0 Å². The van der Waals surface area contributed by atoms with Gasteiger partial charge in [0.05, 0.1) is 5.60 Å². The van der Waals surface area contributed by atoms with Crippen LogP contribution in [0.5, 0.6) is 0 Å². The topological polar surface area (TPSA) is 38.3 Å². The highest BCUT2D eigenvalue weighted by molar-refractivity contribution is 5.81. The first kappa shape index (κ1) is 10.9. The Balaban J connectivity index is 2.29. The maximum atomic E-state index is 11.6. The van der Waals surface area contributed by atoms with Gasteiger partial charge in [0.15, 0.2) is 0 Å². The lowest BCUT2D eigenvalue weighted by Crippen LogP contribution is -2.53. The third-order valence-electron chi connectivity index (χ3n) is 4.11. The van der Waals surface area contributed by atoms with Crippen LogP contribution in [-0.2, 0) is 9.53 Å². The van der Waals surface area contributed by atoms with Gasteiger partial charge in [-0.3, -0.25) is 4.79 Å². The van der Waals surface area contributed by atoms with Gasteiger partial charge in [-0.1, -0.05) is 0 Å². The third-order valence-corrected chi connectivity index (χ3v) is 4.11. The summed E-state index contributed by atoms with van der Waals surface area (Å²) in [5, 5.41) is 3.10. The molecule has 1 atom stereocenters. The molecule has 2 rings (SSSR count). The van der Waals surface area contributed by atoms with Gasteiger partial charge < -0.3 is 10.1 Å². The van der Waals surface area contributed by atoms with Gasteiger partial charge in [0.2, 0.25) is 5.91 Å². The van der Waals surface area contributed by atoms with Crippen molar-refractivity contribution in [3.05, 3.63) is 0 Å². The minimum atomic E-state index is -0.0954. The number of amides is 1. The van der Waals surface area contributed by atoms with E-state index in [-0.39, 0.29) is 22.5 Å². The second-order valence-electron chi connectivity index (χ2n) is 6.17. The van der Waals surface area contributed by atoms with E-state index in [9.17, 15) is 4.79 Å². The minimum absolute atomic E-state index is 0.0891. The Bertz CT molecular complexity index is 296. The smallest absolute Gasteiger partial charge is 0.221 e. The Hall–Kier alpha value is -0.570. The van der Waals surface area contributed by atoms with Crippen LogP contribution < -0.4 is 5.32 Å². The minimum Gasteiger partial charge on any atom is -0.376 e. The molecule has 0 aromatic carbocycles. The van der Waals surface area contributed by atoms with Gasteiger partial charge in [-0.25, -0.2) is 0 Å². The Labute approximate surface area is 91.6 Å². The monoisotopic (exact) mass is 211 g/mol. The summed E-state index contributed by atoms with van der Waals surface area (Å²) in [7, 11) is 0. The van der Waals surface area contributed by atoms with Crippen LogP contribution >= 0.6 is 0 Å². The zero-order valence-electron chi connectivity index (χ0n) is 10.1. The quantitative estimate of drug-likeness (QED) is 0.664. The summed E-state index contributed by atoms with van der Waals surface area (Å²) in [4.78, 5) is 11.6. The lowest BCUT2D eigenvalue weighted by Gasteiger charge is -2.48. The van der Waals surface area contributed by atoms with Crippen molar-refractivity contribution in [3.63, 3.8) is 0 Å². The van der Waals surface area contributed by atoms with Crippen LogP contribution in [0.1, 0.15) is 47.0 Å². The molecule has 0 radical (unpaired) electrons. The van der Waals surface area contributed by atoms with Crippen LogP contribution in [0.2, 0.25) is 0 Å². The van der Waals surface area contributed by atoms with E-state index in [2.05, 4.69) is 33.0 Å². The molecule has 1 unspecified atom stereocenters. The number of nitrogens with one attached hydrogen (secondary N) is 1. The molecule has 2 saturated heterocycles. The second kappa shape index (κ2) is 2.97. The van der Waals surface area contributed by atoms with E-state index < -0.39 is 0 Å². The molecule has 2 aliphatic heterocycles. The molecule has 2 heterocycles. The average molecular weight is 211 g/mol. The molecule has 0 aromatic rings. The summed E-state index contributed by atoms with van der Waals surface area (Å²) < 4.78 is 5.74. The summed E-state index contributed by atoms with van der Waals surface area (Å²) in [6, 6.07) is 0. The van der Waals surface area contributed by atoms with Gasteiger partial charge in [0, 0.05) is 24.0 Å². The Morgan fingerprint density at radius 3 is 2.40 bits per heavy atom. The normalized spacial score (nSPS) is 38.0. The zero-order chi connectivity index (χ0) is 11.3. The summed E-state index contributed by atoms with van der Waals surface area (Å²) in [6.45, 7) is 9.28. The predicted octanol–water partition coefficient (Wildman–Crippen LogP) is 1.86. The highest BCUT2D eigenvalue weighted by Gasteiger charge is 2.55. The highest BCUT2D eigenvalue weighted by Crippen LogP contribution is 2.51. The van der Waals surface area contributed by atoms with E-state index in [0.717, 1.165) is 19.4 Å². The molecule has 0 saturated carbocycles. The molecule has 3 nitrogen and oxygen atoms in total. The summed E-state index contributed by atoms with van der Waals surface area (Å²) in [5.41, 5.74) is -0.0984. The zero-order valence-corrected chi connectivity index (χ0v) is 10.1. The lowest BCUT2D eigenvalue weighted by atomic mass is 9.63. The standard InChI is InChI=1S/C12H21NO2/c1-10(2)8-12(5-6-15-10)7-9(14)13-11(12,3)4/h5-8H2,1-4H3,(H,13,14). The highest BCUT2D eigenvalue weighted by atomic mass is 16.5. The number of hydrogen-bond acceptors (Lipinski definition) is 2. The maximum absolute atomic E-state index is 11.6. The lowest BCUT2D eigenvalue weighted by molar-refractivity contribution is -0.125. The molecule has 1 amide bonds. The SMILES string of the molecule is CC1(C)CC2(CCO1)CC(=O)NC2(C)C. The fraction of sp³-hybridized carbons (Fsp3) is 0.917. The molecular formula is C12H21NO2. The molecule has 3 heteroatoms. The van der Waals surface area contributed by atoms with Gasteiger partial charge in [-0.05, 0) is 40.5 Å². The molecule has 0 aromatic heterocycles. The summed E-state index contributed by atoms with van der Waals surface area (Å²) in [5.74, 6) is 0.192. The van der Waals surface area contributed by atoms with Gasteiger partial charge in [-0.2, -0.15) is 0 Å². The van der Waals surface area contributed by atoms with Crippen molar-refractivity contribution in [2.24, 2.45) is 5.41 Å². The van der Waals surface area contributed by atoms with E-state index in [1.54, 1.807) is 0 Å². The van der Waals surface area contributed by atoms with Crippen LogP contribution in [0.15, 0.2) is 0 Å². The fourth-order valence-corrected chi connectivity index (χ4v) is 3.22. The van der Waals surface area contributed by atoms with Crippen molar-refractivity contribution >= 4 is 5.91 Å². The van der Waals surface area contributed by atoms with E-state index in [4.69, 9.17) is 4.74 Å². The third kappa shape index (κ3) is 1.67. The van der Waals surface area contributed by atoms with Crippen molar-refractivity contribution in [2.75, 3.05) is 6.61 Å². The number of rotatable bonds is 0. The number of carbonyl (C=O) groups is 1. The van der Waals surface area contributed by atoms with Gasteiger partial charge in [-0.15, -0.1) is 0 Å². The van der Waals surface area contributed by atoms with Crippen molar-refractivity contribution in [3.8, 4) is 0 Å². The summed E-state index contributed by atoms with van der Waals surface area (Å²) in [6.07, 6.45) is 2.61. The van der Waals surface area contributed by atoms with Crippen molar-refractivity contribution < 1.29 is 9.53 Å². The number of ether oxygens (including phenoxy) is 1. The molecular weight excluding hydrogens is 190 g/mol. The van der Waals surface area contributed by atoms with Crippen LogP contribution in [0, 0.1) is 5.41 Å². The molecule has 86 valence electrons. The van der Waals surface area contributed by atoms with Crippen molar-refractivity contribution in [2.45, 2.75) is 58.1 Å². The van der Waals surface area contributed by atoms with Crippen LogP contribution in [-0.4, -0.2) is 23.7 Å². The van der Waals surface area contributed by atoms with Crippen LogP contribution in [0.25, 0.3) is 0 Å². The number of carbonyl (C=O) groups excluding carboxylic acids is 1.